The summed E-state index contributed by atoms with van der Waals surface area (Å²) in [5.74, 6) is 0.0511. The molecule has 0 aromatic rings. The molecular formula is C20H38O4. The molecule has 4 heteroatoms. The van der Waals surface area contributed by atoms with Gasteiger partial charge in [0.05, 0.1) is 18.3 Å². The second kappa shape index (κ2) is 12.9. The maximum atomic E-state index is 10.2. The van der Waals surface area contributed by atoms with Gasteiger partial charge in [-0.05, 0) is 25.2 Å². The third-order valence-corrected chi connectivity index (χ3v) is 5.27. The van der Waals surface area contributed by atoms with Crippen molar-refractivity contribution in [3.05, 3.63) is 12.2 Å². The Balaban J connectivity index is 2.38. The van der Waals surface area contributed by atoms with Gasteiger partial charge in [0.2, 0.25) is 0 Å². The molecule has 0 bridgehead atoms. The molecule has 0 aromatic carbocycles. The van der Waals surface area contributed by atoms with E-state index in [9.17, 15) is 15.3 Å². The molecule has 5 atom stereocenters. The number of rotatable bonds is 13. The molecule has 1 saturated carbocycles. The molecule has 0 aliphatic heterocycles. The average Bonchev–Trinajstić information content (AvgIpc) is 2.82. The van der Waals surface area contributed by atoms with Crippen molar-refractivity contribution in [3.8, 4) is 0 Å². The quantitative estimate of drug-likeness (QED) is 0.306. The van der Waals surface area contributed by atoms with Crippen LogP contribution in [0.3, 0.4) is 0 Å². The lowest BCUT2D eigenvalue weighted by Gasteiger charge is -2.21. The second-order valence-electron chi connectivity index (χ2n) is 7.34. The Labute approximate surface area is 147 Å². The van der Waals surface area contributed by atoms with Crippen LogP contribution in [0.15, 0.2) is 12.2 Å². The van der Waals surface area contributed by atoms with E-state index >= 15 is 0 Å². The number of hydrogen-bond acceptors (Lipinski definition) is 4. The van der Waals surface area contributed by atoms with E-state index in [2.05, 4.69) is 6.92 Å². The summed E-state index contributed by atoms with van der Waals surface area (Å²) in [7, 11) is 0. The summed E-state index contributed by atoms with van der Waals surface area (Å²) in [6.07, 6.45) is 13.0. The van der Waals surface area contributed by atoms with Crippen LogP contribution in [0.2, 0.25) is 0 Å². The van der Waals surface area contributed by atoms with E-state index in [0.29, 0.717) is 6.42 Å². The Hall–Kier alpha value is -0.420. The first-order chi connectivity index (χ1) is 11.6. The molecule has 1 aliphatic carbocycles. The van der Waals surface area contributed by atoms with Crippen molar-refractivity contribution in [1.82, 2.24) is 0 Å². The minimum Gasteiger partial charge on any atom is -0.396 e. The SMILES string of the molecule is CCCCCC(O)C=CC1C(O)CC(O)C1CCCCCCCO. The zero-order chi connectivity index (χ0) is 17.8. The predicted octanol–water partition coefficient (Wildman–Crippen LogP) is 3.17. The molecule has 0 aromatic heterocycles. The Bertz CT molecular complexity index is 332. The van der Waals surface area contributed by atoms with E-state index in [1.807, 2.05) is 12.2 Å². The summed E-state index contributed by atoms with van der Waals surface area (Å²) >= 11 is 0. The van der Waals surface area contributed by atoms with Crippen LogP contribution in [0, 0.1) is 11.8 Å². The molecule has 0 radical (unpaired) electrons. The summed E-state index contributed by atoms with van der Waals surface area (Å²) < 4.78 is 0. The standard InChI is InChI=1S/C20H38O4/c1-2-3-7-10-16(22)12-13-18-17(19(23)15-20(18)24)11-8-5-4-6-9-14-21/h12-13,16-24H,2-11,14-15H2,1H3. The van der Waals surface area contributed by atoms with Crippen LogP contribution >= 0.6 is 0 Å². The molecular weight excluding hydrogens is 304 g/mol. The van der Waals surface area contributed by atoms with Crippen molar-refractivity contribution in [2.75, 3.05) is 6.61 Å². The molecule has 0 amide bonds. The molecule has 142 valence electrons. The lowest BCUT2D eigenvalue weighted by atomic mass is 9.88. The summed E-state index contributed by atoms with van der Waals surface area (Å²) in [6, 6.07) is 0. The average molecular weight is 343 g/mol. The molecule has 1 fully saturated rings. The fourth-order valence-corrected chi connectivity index (χ4v) is 3.76. The minimum atomic E-state index is -0.501. The van der Waals surface area contributed by atoms with Crippen molar-refractivity contribution in [1.29, 1.82) is 0 Å². The highest BCUT2D eigenvalue weighted by molar-refractivity contribution is 5.04. The number of aliphatic hydroxyl groups excluding tert-OH is 4. The highest BCUT2D eigenvalue weighted by Crippen LogP contribution is 2.37. The van der Waals surface area contributed by atoms with Crippen LogP contribution in [0.1, 0.15) is 77.6 Å². The van der Waals surface area contributed by atoms with Gasteiger partial charge in [0.15, 0.2) is 0 Å². The van der Waals surface area contributed by atoms with Crippen LogP contribution in [-0.4, -0.2) is 45.3 Å². The van der Waals surface area contributed by atoms with Crippen LogP contribution < -0.4 is 0 Å². The third-order valence-electron chi connectivity index (χ3n) is 5.27. The summed E-state index contributed by atoms with van der Waals surface area (Å²) in [5.41, 5.74) is 0. The fourth-order valence-electron chi connectivity index (χ4n) is 3.76. The van der Waals surface area contributed by atoms with Gasteiger partial charge in [-0.2, -0.15) is 0 Å². The van der Waals surface area contributed by atoms with Gasteiger partial charge >= 0.3 is 0 Å². The lowest BCUT2D eigenvalue weighted by molar-refractivity contribution is 0.115. The first kappa shape index (κ1) is 21.6. The van der Waals surface area contributed by atoms with Gasteiger partial charge in [-0.15, -0.1) is 0 Å². The van der Waals surface area contributed by atoms with Crippen LogP contribution in [0.25, 0.3) is 0 Å². The molecule has 4 N–H and O–H groups in total. The van der Waals surface area contributed by atoms with E-state index in [1.165, 1.54) is 0 Å². The number of unbranched alkanes of at least 4 members (excludes halogenated alkanes) is 6. The first-order valence-electron chi connectivity index (χ1n) is 9.93. The lowest BCUT2D eigenvalue weighted by Crippen LogP contribution is -2.21. The number of hydrogen-bond donors (Lipinski definition) is 4. The van der Waals surface area contributed by atoms with Crippen LogP contribution in [0.5, 0.6) is 0 Å². The Morgan fingerprint density at radius 3 is 2.38 bits per heavy atom. The zero-order valence-electron chi connectivity index (χ0n) is 15.3. The maximum absolute atomic E-state index is 10.2. The van der Waals surface area contributed by atoms with Gasteiger partial charge in [0.25, 0.3) is 0 Å². The molecule has 5 unspecified atom stereocenters. The summed E-state index contributed by atoms with van der Waals surface area (Å²) in [5, 5.41) is 39.2. The van der Waals surface area contributed by atoms with Crippen molar-refractivity contribution >= 4 is 0 Å². The highest BCUT2D eigenvalue weighted by Gasteiger charge is 2.39. The van der Waals surface area contributed by atoms with Crippen molar-refractivity contribution < 1.29 is 20.4 Å². The van der Waals surface area contributed by atoms with Crippen LogP contribution in [0.4, 0.5) is 0 Å². The summed E-state index contributed by atoms with van der Waals surface area (Å²) in [4.78, 5) is 0. The molecule has 0 saturated heterocycles. The molecule has 1 rings (SSSR count). The van der Waals surface area contributed by atoms with E-state index in [4.69, 9.17) is 5.11 Å². The monoisotopic (exact) mass is 342 g/mol. The number of aliphatic hydroxyl groups is 4. The maximum Gasteiger partial charge on any atom is 0.0721 e. The molecule has 0 heterocycles. The molecule has 1 aliphatic rings. The van der Waals surface area contributed by atoms with Gasteiger partial charge in [0, 0.05) is 18.9 Å². The van der Waals surface area contributed by atoms with Gasteiger partial charge < -0.3 is 20.4 Å². The highest BCUT2D eigenvalue weighted by atomic mass is 16.3. The Kier molecular flexibility index (Phi) is 11.6. The normalized spacial score (nSPS) is 28.7. The zero-order valence-corrected chi connectivity index (χ0v) is 15.3. The van der Waals surface area contributed by atoms with Crippen molar-refractivity contribution in [3.63, 3.8) is 0 Å². The Morgan fingerprint density at radius 1 is 0.958 bits per heavy atom. The van der Waals surface area contributed by atoms with Gasteiger partial charge in [-0.25, -0.2) is 0 Å². The van der Waals surface area contributed by atoms with Crippen molar-refractivity contribution in [2.24, 2.45) is 11.8 Å². The fraction of sp³-hybridized carbons (Fsp3) is 0.900. The Morgan fingerprint density at radius 2 is 1.67 bits per heavy atom. The predicted molar refractivity (Wildman–Crippen MR) is 97.7 cm³/mol. The second-order valence-corrected chi connectivity index (χ2v) is 7.34. The third kappa shape index (κ3) is 8.11. The largest absolute Gasteiger partial charge is 0.396 e. The van der Waals surface area contributed by atoms with Gasteiger partial charge in [-0.3, -0.25) is 0 Å². The van der Waals surface area contributed by atoms with Crippen molar-refractivity contribution in [2.45, 2.75) is 95.9 Å². The first-order valence-corrected chi connectivity index (χ1v) is 9.93. The molecule has 24 heavy (non-hydrogen) atoms. The minimum absolute atomic E-state index is 0.0433. The smallest absolute Gasteiger partial charge is 0.0721 e. The molecule has 4 nitrogen and oxygen atoms in total. The molecule has 0 spiro atoms. The van der Waals surface area contributed by atoms with E-state index < -0.39 is 18.3 Å². The van der Waals surface area contributed by atoms with Gasteiger partial charge in [-0.1, -0.05) is 64.0 Å². The van der Waals surface area contributed by atoms with E-state index in [0.717, 1.165) is 64.2 Å². The van der Waals surface area contributed by atoms with E-state index in [1.54, 1.807) is 0 Å². The topological polar surface area (TPSA) is 80.9 Å². The van der Waals surface area contributed by atoms with Gasteiger partial charge in [0.1, 0.15) is 0 Å². The summed E-state index contributed by atoms with van der Waals surface area (Å²) in [6.45, 7) is 2.41. The van der Waals surface area contributed by atoms with E-state index in [-0.39, 0.29) is 18.4 Å². The van der Waals surface area contributed by atoms with Crippen LogP contribution in [-0.2, 0) is 0 Å².